The van der Waals surface area contributed by atoms with Crippen LogP contribution in [-0.2, 0) is 9.59 Å². The van der Waals surface area contributed by atoms with Crippen LogP contribution in [0.4, 0.5) is 0 Å². The second-order valence-electron chi connectivity index (χ2n) is 5.98. The first-order chi connectivity index (χ1) is 11.1. The monoisotopic (exact) mass is 316 g/mol. The van der Waals surface area contributed by atoms with E-state index in [1.807, 2.05) is 6.07 Å². The second kappa shape index (κ2) is 6.87. The van der Waals surface area contributed by atoms with Crippen molar-refractivity contribution in [2.24, 2.45) is 0 Å². The molecule has 3 rings (SSSR count). The summed E-state index contributed by atoms with van der Waals surface area (Å²) < 4.78 is 0. The van der Waals surface area contributed by atoms with Crippen molar-refractivity contribution in [3.8, 4) is 0 Å². The van der Waals surface area contributed by atoms with Crippen LogP contribution in [0.1, 0.15) is 47.7 Å². The summed E-state index contributed by atoms with van der Waals surface area (Å²) in [6.07, 6.45) is 4.45. The minimum Gasteiger partial charge on any atom is -0.339 e. The summed E-state index contributed by atoms with van der Waals surface area (Å²) in [6, 6.07) is 2.95. The van der Waals surface area contributed by atoms with Crippen molar-refractivity contribution in [2.45, 2.75) is 37.6 Å². The van der Waals surface area contributed by atoms with Crippen LogP contribution in [0.3, 0.4) is 0 Å². The van der Waals surface area contributed by atoms with Gasteiger partial charge in [-0.25, -0.2) is 0 Å². The Bertz CT molecular complexity index is 608. The Hall–Kier alpha value is -2.28. The minimum atomic E-state index is -0.675. The fourth-order valence-corrected chi connectivity index (χ4v) is 3.00. The highest BCUT2D eigenvalue weighted by Crippen LogP contribution is 2.24. The molecule has 2 aliphatic heterocycles. The van der Waals surface area contributed by atoms with Gasteiger partial charge in [0.15, 0.2) is 0 Å². The summed E-state index contributed by atoms with van der Waals surface area (Å²) in [5.41, 5.74) is 1.43. The lowest BCUT2D eigenvalue weighted by Crippen LogP contribution is -2.52. The summed E-state index contributed by atoms with van der Waals surface area (Å²) in [4.78, 5) is 39.2. The number of pyridine rings is 1. The molecule has 122 valence electrons. The quantitative estimate of drug-likeness (QED) is 0.686. The molecule has 0 aromatic carbocycles. The summed E-state index contributed by atoms with van der Waals surface area (Å²) in [6.45, 7) is 2.00. The van der Waals surface area contributed by atoms with Gasteiger partial charge in [0.1, 0.15) is 11.7 Å². The number of aromatic nitrogens is 1. The molecule has 0 saturated carbocycles. The minimum absolute atomic E-state index is 0.235. The van der Waals surface area contributed by atoms with E-state index in [0.29, 0.717) is 12.3 Å². The third-order valence-electron chi connectivity index (χ3n) is 4.37. The number of rotatable bonds is 3. The number of nitrogens with one attached hydrogen (secondary N) is 3. The normalized spacial score (nSPS) is 22.5. The maximum Gasteiger partial charge on any atom is 0.270 e. The van der Waals surface area contributed by atoms with Gasteiger partial charge in [0.25, 0.3) is 5.91 Å². The molecule has 2 saturated heterocycles. The molecular formula is C16H20N4O3. The van der Waals surface area contributed by atoms with E-state index in [0.717, 1.165) is 31.5 Å². The average Bonchev–Trinajstić information content (AvgIpc) is 2.58. The Morgan fingerprint density at radius 3 is 2.61 bits per heavy atom. The number of imide groups is 1. The van der Waals surface area contributed by atoms with E-state index in [9.17, 15) is 14.4 Å². The standard InChI is InChI=1S/C16H20N4O3/c21-14-4-3-13(16(23)20-14)19-15(22)12-2-1-11(9-18-12)10-5-7-17-8-6-10/h1-2,9-10,13,17H,3-8H2,(H,19,22)(H,20,21,23). The van der Waals surface area contributed by atoms with Crippen molar-refractivity contribution >= 4 is 17.7 Å². The van der Waals surface area contributed by atoms with Crippen molar-refractivity contribution in [3.63, 3.8) is 0 Å². The number of carbonyl (C=O) groups excluding carboxylic acids is 3. The van der Waals surface area contributed by atoms with Gasteiger partial charge in [-0.05, 0) is 49.9 Å². The molecule has 0 spiro atoms. The molecular weight excluding hydrogens is 296 g/mol. The number of amides is 3. The molecule has 0 bridgehead atoms. The van der Waals surface area contributed by atoms with E-state index in [1.54, 1.807) is 12.3 Å². The lowest BCUT2D eigenvalue weighted by Gasteiger charge is -2.23. The van der Waals surface area contributed by atoms with Gasteiger partial charge in [0, 0.05) is 12.6 Å². The summed E-state index contributed by atoms with van der Waals surface area (Å²) in [5.74, 6) is -0.668. The lowest BCUT2D eigenvalue weighted by molar-refractivity contribution is -0.134. The number of hydrogen-bond acceptors (Lipinski definition) is 5. The predicted molar refractivity (Wildman–Crippen MR) is 82.7 cm³/mol. The Kier molecular flexibility index (Phi) is 4.66. The zero-order valence-electron chi connectivity index (χ0n) is 12.8. The van der Waals surface area contributed by atoms with Gasteiger partial charge >= 0.3 is 0 Å². The van der Waals surface area contributed by atoms with Crippen molar-refractivity contribution in [3.05, 3.63) is 29.6 Å². The molecule has 3 heterocycles. The van der Waals surface area contributed by atoms with Crippen LogP contribution >= 0.6 is 0 Å². The van der Waals surface area contributed by atoms with Gasteiger partial charge < -0.3 is 10.6 Å². The zero-order valence-corrected chi connectivity index (χ0v) is 12.8. The maximum absolute atomic E-state index is 12.2. The van der Waals surface area contributed by atoms with E-state index < -0.39 is 17.9 Å². The molecule has 1 atom stereocenters. The van der Waals surface area contributed by atoms with Crippen LogP contribution in [0.15, 0.2) is 18.3 Å². The molecule has 2 fully saturated rings. The Labute approximate surface area is 134 Å². The van der Waals surface area contributed by atoms with Crippen molar-refractivity contribution in [1.29, 1.82) is 0 Å². The first kappa shape index (κ1) is 15.6. The van der Waals surface area contributed by atoms with Gasteiger partial charge in [-0.1, -0.05) is 6.07 Å². The van der Waals surface area contributed by atoms with E-state index in [2.05, 4.69) is 20.9 Å². The van der Waals surface area contributed by atoms with E-state index >= 15 is 0 Å². The fraction of sp³-hybridized carbons (Fsp3) is 0.500. The van der Waals surface area contributed by atoms with E-state index in [1.165, 1.54) is 0 Å². The molecule has 1 unspecified atom stereocenters. The highest BCUT2D eigenvalue weighted by Gasteiger charge is 2.28. The SMILES string of the molecule is O=C1CCC(NC(=O)c2ccc(C3CCNCC3)cn2)C(=O)N1. The third kappa shape index (κ3) is 3.73. The predicted octanol–water partition coefficient (Wildman–Crippen LogP) is 0.0836. The van der Waals surface area contributed by atoms with Crippen LogP contribution in [0.5, 0.6) is 0 Å². The highest BCUT2D eigenvalue weighted by atomic mass is 16.2. The van der Waals surface area contributed by atoms with Crippen LogP contribution in [0.25, 0.3) is 0 Å². The topological polar surface area (TPSA) is 100 Å². The lowest BCUT2D eigenvalue weighted by atomic mass is 9.91. The largest absolute Gasteiger partial charge is 0.339 e. The number of hydrogen-bond donors (Lipinski definition) is 3. The van der Waals surface area contributed by atoms with Gasteiger partial charge in [-0.15, -0.1) is 0 Å². The summed E-state index contributed by atoms with van der Waals surface area (Å²) >= 11 is 0. The Morgan fingerprint density at radius 2 is 1.96 bits per heavy atom. The van der Waals surface area contributed by atoms with Crippen molar-refractivity contribution in [2.75, 3.05) is 13.1 Å². The molecule has 1 aromatic rings. The third-order valence-corrected chi connectivity index (χ3v) is 4.37. The molecule has 23 heavy (non-hydrogen) atoms. The molecule has 7 nitrogen and oxygen atoms in total. The van der Waals surface area contributed by atoms with Gasteiger partial charge in [-0.2, -0.15) is 0 Å². The molecule has 2 aliphatic rings. The van der Waals surface area contributed by atoms with Crippen LogP contribution in [0, 0.1) is 0 Å². The molecule has 0 aliphatic carbocycles. The highest BCUT2D eigenvalue weighted by molar-refractivity contribution is 6.03. The molecule has 7 heteroatoms. The van der Waals surface area contributed by atoms with E-state index in [4.69, 9.17) is 0 Å². The molecule has 1 aromatic heterocycles. The summed E-state index contributed by atoms with van der Waals surface area (Å²) in [5, 5.41) is 8.17. The number of nitrogens with zero attached hydrogens (tertiary/aromatic N) is 1. The van der Waals surface area contributed by atoms with E-state index in [-0.39, 0.29) is 18.0 Å². The zero-order chi connectivity index (χ0) is 16.2. The number of piperidine rings is 2. The first-order valence-electron chi connectivity index (χ1n) is 7.94. The van der Waals surface area contributed by atoms with Crippen LogP contribution < -0.4 is 16.0 Å². The smallest absolute Gasteiger partial charge is 0.270 e. The van der Waals surface area contributed by atoms with Crippen LogP contribution in [-0.4, -0.2) is 41.8 Å². The van der Waals surface area contributed by atoms with Gasteiger partial charge in [0.05, 0.1) is 0 Å². The molecule has 0 radical (unpaired) electrons. The number of carbonyl (C=O) groups is 3. The van der Waals surface area contributed by atoms with Gasteiger partial charge in [0.2, 0.25) is 11.8 Å². The average molecular weight is 316 g/mol. The van der Waals surface area contributed by atoms with Crippen molar-refractivity contribution < 1.29 is 14.4 Å². The van der Waals surface area contributed by atoms with Crippen LogP contribution in [0.2, 0.25) is 0 Å². The van der Waals surface area contributed by atoms with Gasteiger partial charge in [-0.3, -0.25) is 24.7 Å². The molecule has 3 N–H and O–H groups in total. The summed E-state index contributed by atoms with van der Waals surface area (Å²) in [7, 11) is 0. The Morgan fingerprint density at radius 1 is 1.17 bits per heavy atom. The first-order valence-corrected chi connectivity index (χ1v) is 7.94. The second-order valence-corrected chi connectivity index (χ2v) is 5.98. The molecule has 3 amide bonds. The Balaban J connectivity index is 1.61. The fourth-order valence-electron chi connectivity index (χ4n) is 3.00. The van der Waals surface area contributed by atoms with Crippen molar-refractivity contribution in [1.82, 2.24) is 20.9 Å². The maximum atomic E-state index is 12.2.